The first-order chi connectivity index (χ1) is 7.77. The zero-order valence-corrected chi connectivity index (χ0v) is 10.1. The Kier molecular flexibility index (Phi) is 6.07. The fourth-order valence-corrected chi connectivity index (χ4v) is 1.59. The average molecular weight is 227 g/mol. The number of aliphatic hydroxyl groups is 1. The minimum Gasteiger partial charge on any atom is -0.395 e. The summed E-state index contributed by atoms with van der Waals surface area (Å²) in [6.07, 6.45) is 3.78. The van der Waals surface area contributed by atoms with Gasteiger partial charge in [0.1, 0.15) is 5.82 Å². The molecular formula is C11H21N3O2. The second kappa shape index (κ2) is 7.38. The molecular weight excluding hydrogens is 206 g/mol. The summed E-state index contributed by atoms with van der Waals surface area (Å²) >= 11 is 0. The first-order valence-electron chi connectivity index (χ1n) is 5.58. The fourth-order valence-electron chi connectivity index (χ4n) is 1.59. The maximum absolute atomic E-state index is 8.95. The number of aliphatic hydroxyl groups excluding tert-OH is 1. The average Bonchev–Trinajstić information content (AvgIpc) is 2.68. The standard InChI is InChI=1S/C11H21N3O2/c1-11-12-3-4-14(11)6-5-13(7-9-15)8-10-16-2/h3-4,15H,5-10H2,1-2H3. The Morgan fingerprint density at radius 1 is 1.44 bits per heavy atom. The molecule has 0 fully saturated rings. The largest absolute Gasteiger partial charge is 0.395 e. The quantitative estimate of drug-likeness (QED) is 0.686. The van der Waals surface area contributed by atoms with Crippen LogP contribution in [-0.4, -0.2) is 59.5 Å². The second-order valence-electron chi connectivity index (χ2n) is 3.73. The van der Waals surface area contributed by atoms with E-state index in [0.717, 1.165) is 25.5 Å². The third-order valence-corrected chi connectivity index (χ3v) is 2.61. The molecule has 0 aliphatic carbocycles. The molecule has 0 aromatic carbocycles. The highest BCUT2D eigenvalue weighted by atomic mass is 16.5. The van der Waals surface area contributed by atoms with Crippen molar-refractivity contribution in [3.8, 4) is 0 Å². The summed E-state index contributed by atoms with van der Waals surface area (Å²) < 4.78 is 7.15. The lowest BCUT2D eigenvalue weighted by Gasteiger charge is -2.21. The first kappa shape index (κ1) is 13.2. The molecule has 0 aliphatic heterocycles. The van der Waals surface area contributed by atoms with Crippen LogP contribution in [0.2, 0.25) is 0 Å². The molecule has 0 saturated carbocycles. The molecule has 1 heterocycles. The molecule has 5 nitrogen and oxygen atoms in total. The maximum atomic E-state index is 8.95. The summed E-state index contributed by atoms with van der Waals surface area (Å²) in [5, 5.41) is 8.95. The molecule has 0 bridgehead atoms. The Morgan fingerprint density at radius 2 is 2.25 bits per heavy atom. The van der Waals surface area contributed by atoms with Crippen molar-refractivity contribution in [2.75, 3.05) is 40.0 Å². The van der Waals surface area contributed by atoms with Gasteiger partial charge in [-0.1, -0.05) is 0 Å². The van der Waals surface area contributed by atoms with Crippen molar-refractivity contribution >= 4 is 0 Å². The predicted octanol–water partition coefficient (Wildman–Crippen LogP) is 0.132. The normalized spacial score (nSPS) is 11.2. The number of nitrogens with zero attached hydrogens (tertiary/aromatic N) is 3. The summed E-state index contributed by atoms with van der Waals surface area (Å²) in [5.41, 5.74) is 0. The van der Waals surface area contributed by atoms with Gasteiger partial charge in [-0.05, 0) is 6.92 Å². The van der Waals surface area contributed by atoms with Crippen molar-refractivity contribution in [1.82, 2.24) is 14.5 Å². The minimum absolute atomic E-state index is 0.187. The van der Waals surface area contributed by atoms with Gasteiger partial charge in [0, 0.05) is 45.7 Å². The molecule has 5 heteroatoms. The van der Waals surface area contributed by atoms with Crippen molar-refractivity contribution in [3.63, 3.8) is 0 Å². The summed E-state index contributed by atoms with van der Waals surface area (Å²) in [6.45, 7) is 6.22. The van der Waals surface area contributed by atoms with E-state index in [2.05, 4.69) is 14.5 Å². The van der Waals surface area contributed by atoms with E-state index in [1.165, 1.54) is 0 Å². The molecule has 0 saturated heterocycles. The van der Waals surface area contributed by atoms with Gasteiger partial charge in [-0.15, -0.1) is 0 Å². The van der Waals surface area contributed by atoms with Crippen LogP contribution in [0.15, 0.2) is 12.4 Å². The zero-order valence-electron chi connectivity index (χ0n) is 10.1. The number of imidazole rings is 1. The van der Waals surface area contributed by atoms with Crippen molar-refractivity contribution in [1.29, 1.82) is 0 Å². The monoisotopic (exact) mass is 227 g/mol. The number of hydrogen-bond donors (Lipinski definition) is 1. The van der Waals surface area contributed by atoms with Gasteiger partial charge >= 0.3 is 0 Å². The van der Waals surface area contributed by atoms with Crippen LogP contribution in [0, 0.1) is 6.92 Å². The second-order valence-corrected chi connectivity index (χ2v) is 3.73. The Labute approximate surface area is 96.7 Å². The van der Waals surface area contributed by atoms with E-state index < -0.39 is 0 Å². The third kappa shape index (κ3) is 4.30. The molecule has 0 amide bonds. The first-order valence-corrected chi connectivity index (χ1v) is 5.58. The van der Waals surface area contributed by atoms with E-state index in [4.69, 9.17) is 9.84 Å². The van der Waals surface area contributed by atoms with Crippen LogP contribution < -0.4 is 0 Å². The van der Waals surface area contributed by atoms with E-state index in [1.807, 2.05) is 13.1 Å². The van der Waals surface area contributed by atoms with Crippen LogP contribution in [0.3, 0.4) is 0 Å². The molecule has 0 aliphatic rings. The molecule has 1 aromatic rings. The molecule has 1 N–H and O–H groups in total. The van der Waals surface area contributed by atoms with Crippen LogP contribution in [0.5, 0.6) is 0 Å². The smallest absolute Gasteiger partial charge is 0.105 e. The Morgan fingerprint density at radius 3 is 2.81 bits per heavy atom. The maximum Gasteiger partial charge on any atom is 0.105 e. The molecule has 92 valence electrons. The topological polar surface area (TPSA) is 50.5 Å². The van der Waals surface area contributed by atoms with E-state index >= 15 is 0 Å². The zero-order chi connectivity index (χ0) is 11.8. The highest BCUT2D eigenvalue weighted by Gasteiger charge is 2.04. The van der Waals surface area contributed by atoms with Crippen molar-refractivity contribution < 1.29 is 9.84 Å². The number of ether oxygens (including phenoxy) is 1. The lowest BCUT2D eigenvalue weighted by molar-refractivity contribution is 0.128. The highest BCUT2D eigenvalue weighted by Crippen LogP contribution is 1.97. The van der Waals surface area contributed by atoms with E-state index in [9.17, 15) is 0 Å². The number of methoxy groups -OCH3 is 1. The van der Waals surface area contributed by atoms with Crippen LogP contribution in [0.4, 0.5) is 0 Å². The van der Waals surface area contributed by atoms with Gasteiger partial charge in [0.05, 0.1) is 13.2 Å². The number of hydrogen-bond acceptors (Lipinski definition) is 4. The molecule has 0 atom stereocenters. The molecule has 16 heavy (non-hydrogen) atoms. The van der Waals surface area contributed by atoms with Crippen molar-refractivity contribution in [2.24, 2.45) is 0 Å². The van der Waals surface area contributed by atoms with Crippen molar-refractivity contribution in [3.05, 3.63) is 18.2 Å². The number of aromatic nitrogens is 2. The summed E-state index contributed by atoms with van der Waals surface area (Å²) in [7, 11) is 1.69. The van der Waals surface area contributed by atoms with Crippen LogP contribution in [0.25, 0.3) is 0 Å². The van der Waals surface area contributed by atoms with Crippen LogP contribution in [0.1, 0.15) is 5.82 Å². The van der Waals surface area contributed by atoms with Gasteiger partial charge in [0.15, 0.2) is 0 Å². The lowest BCUT2D eigenvalue weighted by atomic mass is 10.4. The Balaban J connectivity index is 2.34. The SMILES string of the molecule is COCCN(CCO)CCn1ccnc1C. The number of rotatable bonds is 8. The van der Waals surface area contributed by atoms with Crippen LogP contribution >= 0.6 is 0 Å². The number of aryl methyl sites for hydroxylation is 1. The molecule has 1 aromatic heterocycles. The molecule has 0 unspecified atom stereocenters. The summed E-state index contributed by atoms with van der Waals surface area (Å²) in [5.74, 6) is 1.02. The minimum atomic E-state index is 0.187. The highest BCUT2D eigenvalue weighted by molar-refractivity contribution is 4.88. The van der Waals surface area contributed by atoms with Gasteiger partial charge in [0.25, 0.3) is 0 Å². The van der Waals surface area contributed by atoms with Gasteiger partial charge in [0.2, 0.25) is 0 Å². The van der Waals surface area contributed by atoms with Gasteiger partial charge in [-0.3, -0.25) is 4.90 Å². The van der Waals surface area contributed by atoms with E-state index in [1.54, 1.807) is 13.3 Å². The Bertz CT molecular complexity index is 289. The van der Waals surface area contributed by atoms with Gasteiger partial charge in [-0.25, -0.2) is 4.98 Å². The van der Waals surface area contributed by atoms with Gasteiger partial charge < -0.3 is 14.4 Å². The van der Waals surface area contributed by atoms with Gasteiger partial charge in [-0.2, -0.15) is 0 Å². The summed E-state index contributed by atoms with van der Waals surface area (Å²) in [6, 6.07) is 0. The Hall–Kier alpha value is -0.910. The summed E-state index contributed by atoms with van der Waals surface area (Å²) in [4.78, 5) is 6.36. The fraction of sp³-hybridized carbons (Fsp3) is 0.727. The third-order valence-electron chi connectivity index (χ3n) is 2.61. The van der Waals surface area contributed by atoms with E-state index in [-0.39, 0.29) is 6.61 Å². The van der Waals surface area contributed by atoms with Crippen molar-refractivity contribution in [2.45, 2.75) is 13.5 Å². The molecule has 0 radical (unpaired) electrons. The molecule has 0 spiro atoms. The molecule has 1 rings (SSSR count). The van der Waals surface area contributed by atoms with E-state index in [0.29, 0.717) is 13.2 Å². The van der Waals surface area contributed by atoms with Crippen LogP contribution in [-0.2, 0) is 11.3 Å². The lowest BCUT2D eigenvalue weighted by Crippen LogP contribution is -2.33. The predicted molar refractivity (Wildman–Crippen MR) is 62.4 cm³/mol.